The van der Waals surface area contributed by atoms with Crippen LogP contribution in [0.1, 0.15) is 31.9 Å². The fraction of sp³-hybridized carbons (Fsp3) is 0.455. The van der Waals surface area contributed by atoms with E-state index in [1.807, 2.05) is 18.6 Å². The molecule has 2 heterocycles. The van der Waals surface area contributed by atoms with Gasteiger partial charge in [0.15, 0.2) is 0 Å². The highest BCUT2D eigenvalue weighted by Crippen LogP contribution is 2.35. The predicted octanol–water partition coefficient (Wildman–Crippen LogP) is 2.64. The van der Waals surface area contributed by atoms with Crippen molar-refractivity contribution in [3.8, 4) is 0 Å². The van der Waals surface area contributed by atoms with E-state index in [-0.39, 0.29) is 5.41 Å². The third-order valence-electron chi connectivity index (χ3n) is 2.33. The Bertz CT molecular complexity index is 359. The lowest BCUT2D eigenvalue weighted by Crippen LogP contribution is -2.12. The van der Waals surface area contributed by atoms with E-state index >= 15 is 0 Å². The number of fused-ring (bicyclic) bond motifs is 1. The van der Waals surface area contributed by atoms with Gasteiger partial charge in [-0.25, -0.2) is 0 Å². The van der Waals surface area contributed by atoms with Crippen LogP contribution in [-0.2, 0) is 11.8 Å². The highest BCUT2D eigenvalue weighted by Gasteiger charge is 2.21. The van der Waals surface area contributed by atoms with E-state index in [1.165, 1.54) is 11.1 Å². The van der Waals surface area contributed by atoms with Gasteiger partial charge in [0.25, 0.3) is 0 Å². The Morgan fingerprint density at radius 1 is 1.23 bits per heavy atom. The van der Waals surface area contributed by atoms with E-state index < -0.39 is 0 Å². The molecule has 0 aliphatic carbocycles. The van der Waals surface area contributed by atoms with Crippen LogP contribution in [0.2, 0.25) is 0 Å². The zero-order valence-electron chi connectivity index (χ0n) is 8.33. The Hall–Kier alpha value is -1.18. The van der Waals surface area contributed by atoms with Gasteiger partial charge < -0.3 is 0 Å². The summed E-state index contributed by atoms with van der Waals surface area (Å²) in [7, 11) is 0. The Balaban J connectivity index is 2.59. The molecule has 0 fully saturated rings. The summed E-state index contributed by atoms with van der Waals surface area (Å²) in [6.45, 7) is 6.58. The molecular weight excluding hydrogens is 160 g/mol. The van der Waals surface area contributed by atoms with Crippen LogP contribution in [0.25, 0.3) is 0 Å². The molecule has 1 aliphatic rings. The van der Waals surface area contributed by atoms with E-state index in [0.717, 1.165) is 12.1 Å². The number of aromatic nitrogens is 1. The van der Waals surface area contributed by atoms with Gasteiger partial charge in [-0.1, -0.05) is 20.8 Å². The predicted molar refractivity (Wildman–Crippen MR) is 54.8 cm³/mol. The average Bonchev–Trinajstić information content (AvgIpc) is 2.48. The van der Waals surface area contributed by atoms with Crippen molar-refractivity contribution in [2.45, 2.75) is 32.6 Å². The summed E-state index contributed by atoms with van der Waals surface area (Å²) in [6, 6.07) is 0. The second-order valence-electron chi connectivity index (χ2n) is 4.46. The van der Waals surface area contributed by atoms with Crippen molar-refractivity contribution < 1.29 is 0 Å². The molecule has 0 unspecified atom stereocenters. The number of hydrogen-bond donors (Lipinski definition) is 0. The first-order chi connectivity index (χ1) is 6.09. The number of nitrogens with zero attached hydrogens (tertiary/aromatic N) is 2. The summed E-state index contributed by atoms with van der Waals surface area (Å²) in [5.74, 6) is 0. The molecule has 0 N–H and O–H groups in total. The smallest absolute Gasteiger partial charge is 0.0729 e. The summed E-state index contributed by atoms with van der Waals surface area (Å²) in [5.41, 5.74) is 3.79. The normalized spacial score (nSPS) is 14.7. The van der Waals surface area contributed by atoms with Gasteiger partial charge in [0.1, 0.15) is 0 Å². The van der Waals surface area contributed by atoms with Crippen molar-refractivity contribution in [2.75, 3.05) is 0 Å². The van der Waals surface area contributed by atoms with E-state index in [9.17, 15) is 0 Å². The molecule has 0 aromatic carbocycles. The van der Waals surface area contributed by atoms with Crippen LogP contribution in [-0.4, -0.2) is 11.2 Å². The first-order valence-electron chi connectivity index (χ1n) is 4.59. The third kappa shape index (κ3) is 1.37. The minimum atomic E-state index is 0.139. The Morgan fingerprint density at radius 3 is 2.69 bits per heavy atom. The van der Waals surface area contributed by atoms with Crippen LogP contribution in [0.5, 0.6) is 0 Å². The van der Waals surface area contributed by atoms with Crippen molar-refractivity contribution in [3.63, 3.8) is 0 Å². The maximum atomic E-state index is 4.40. The molecule has 0 amide bonds. The standard InChI is InChI=1S/C11H14N2/c1-11(2,3)9-7-12-6-8-4-5-13-10(8)9/h5-7H,4H2,1-3H3. The molecular formula is C11H14N2. The molecule has 2 nitrogen and oxygen atoms in total. The zero-order chi connectivity index (χ0) is 9.47. The fourth-order valence-electron chi connectivity index (χ4n) is 1.58. The van der Waals surface area contributed by atoms with E-state index in [1.54, 1.807) is 0 Å². The van der Waals surface area contributed by atoms with Crippen molar-refractivity contribution in [2.24, 2.45) is 4.99 Å². The molecule has 1 aliphatic heterocycles. The van der Waals surface area contributed by atoms with E-state index in [0.29, 0.717) is 0 Å². The number of hydrogen-bond acceptors (Lipinski definition) is 2. The average molecular weight is 174 g/mol. The minimum Gasteiger partial charge on any atom is -0.264 e. The lowest BCUT2D eigenvalue weighted by molar-refractivity contribution is 0.588. The largest absolute Gasteiger partial charge is 0.264 e. The number of pyridine rings is 1. The zero-order valence-corrected chi connectivity index (χ0v) is 8.33. The molecule has 2 rings (SSSR count). The maximum absolute atomic E-state index is 4.40. The Kier molecular flexibility index (Phi) is 1.72. The topological polar surface area (TPSA) is 25.2 Å². The summed E-state index contributed by atoms with van der Waals surface area (Å²) in [5, 5.41) is 0. The molecule has 1 aromatic rings. The lowest BCUT2D eigenvalue weighted by atomic mass is 9.86. The van der Waals surface area contributed by atoms with Crippen LogP contribution < -0.4 is 0 Å². The molecule has 68 valence electrons. The highest BCUT2D eigenvalue weighted by atomic mass is 14.8. The molecule has 0 saturated heterocycles. The molecule has 0 saturated carbocycles. The van der Waals surface area contributed by atoms with Crippen LogP contribution in [0, 0.1) is 0 Å². The van der Waals surface area contributed by atoms with E-state index in [2.05, 4.69) is 30.7 Å². The maximum Gasteiger partial charge on any atom is 0.0729 e. The Morgan fingerprint density at radius 2 is 2.00 bits per heavy atom. The van der Waals surface area contributed by atoms with Crippen LogP contribution in [0.3, 0.4) is 0 Å². The third-order valence-corrected chi connectivity index (χ3v) is 2.33. The van der Waals surface area contributed by atoms with Gasteiger partial charge in [0, 0.05) is 36.2 Å². The first kappa shape index (κ1) is 8.42. The van der Waals surface area contributed by atoms with Gasteiger partial charge in [-0.05, 0) is 5.41 Å². The number of aliphatic imine (C=N–C) groups is 1. The van der Waals surface area contributed by atoms with Crippen molar-refractivity contribution in [1.29, 1.82) is 0 Å². The first-order valence-corrected chi connectivity index (χ1v) is 4.59. The SMILES string of the molecule is CC(C)(C)c1cncc2c1N=CC2. The van der Waals surface area contributed by atoms with Crippen molar-refractivity contribution in [3.05, 3.63) is 23.5 Å². The monoisotopic (exact) mass is 174 g/mol. The Labute approximate surface area is 78.7 Å². The van der Waals surface area contributed by atoms with Gasteiger partial charge in [-0.3, -0.25) is 9.98 Å². The molecule has 0 bridgehead atoms. The summed E-state index contributed by atoms with van der Waals surface area (Å²) < 4.78 is 0. The second kappa shape index (κ2) is 2.66. The molecule has 0 atom stereocenters. The molecule has 1 aromatic heterocycles. The van der Waals surface area contributed by atoms with Crippen molar-refractivity contribution >= 4 is 11.9 Å². The summed E-state index contributed by atoms with van der Waals surface area (Å²) in [4.78, 5) is 8.64. The molecule has 0 radical (unpaired) electrons. The van der Waals surface area contributed by atoms with Gasteiger partial charge in [0.05, 0.1) is 5.69 Å². The van der Waals surface area contributed by atoms with Crippen molar-refractivity contribution in [1.82, 2.24) is 4.98 Å². The highest BCUT2D eigenvalue weighted by molar-refractivity contribution is 5.77. The van der Waals surface area contributed by atoms with Crippen LogP contribution in [0.4, 0.5) is 5.69 Å². The van der Waals surface area contributed by atoms with Gasteiger partial charge >= 0.3 is 0 Å². The fourth-order valence-corrected chi connectivity index (χ4v) is 1.58. The van der Waals surface area contributed by atoms with Gasteiger partial charge in [-0.15, -0.1) is 0 Å². The second-order valence-corrected chi connectivity index (χ2v) is 4.46. The number of rotatable bonds is 0. The lowest BCUT2D eigenvalue weighted by Gasteiger charge is -2.20. The van der Waals surface area contributed by atoms with Gasteiger partial charge in [-0.2, -0.15) is 0 Å². The molecule has 0 spiro atoms. The van der Waals surface area contributed by atoms with Crippen LogP contribution >= 0.6 is 0 Å². The summed E-state index contributed by atoms with van der Waals surface area (Å²) in [6.07, 6.45) is 6.74. The van der Waals surface area contributed by atoms with Crippen LogP contribution in [0.15, 0.2) is 17.4 Å². The minimum absolute atomic E-state index is 0.139. The van der Waals surface area contributed by atoms with Gasteiger partial charge in [0.2, 0.25) is 0 Å². The quantitative estimate of drug-likeness (QED) is 0.593. The molecule has 13 heavy (non-hydrogen) atoms. The van der Waals surface area contributed by atoms with E-state index in [4.69, 9.17) is 0 Å². The molecule has 2 heteroatoms. The summed E-state index contributed by atoms with van der Waals surface area (Å²) >= 11 is 0.